The fraction of sp³-hybridized carbons (Fsp3) is 0. The van der Waals surface area contributed by atoms with Gasteiger partial charge in [-0.25, -0.2) is 4.98 Å². The number of fused-ring (bicyclic) bond motifs is 6. The van der Waals surface area contributed by atoms with Crippen LogP contribution in [0.3, 0.4) is 0 Å². The molecule has 0 atom stereocenters. The van der Waals surface area contributed by atoms with Gasteiger partial charge in [0, 0.05) is 68.7 Å². The summed E-state index contributed by atoms with van der Waals surface area (Å²) in [7, 11) is 0. The topological polar surface area (TPSA) is 48.5 Å². The average Bonchev–Trinajstić information content (AvgIpc) is 3.69. The van der Waals surface area contributed by atoms with Crippen molar-refractivity contribution in [1.82, 2.24) is 24.1 Å². The predicted molar refractivity (Wildman–Crippen MR) is 208 cm³/mol. The van der Waals surface area contributed by atoms with Crippen LogP contribution in [0.25, 0.3) is 89.3 Å². The Bertz CT molecular complexity index is 2710. The maximum absolute atomic E-state index is 4.95. The van der Waals surface area contributed by atoms with Gasteiger partial charge in [-0.3, -0.25) is 14.5 Å². The van der Waals surface area contributed by atoms with Gasteiger partial charge < -0.3 is 4.57 Å². The minimum Gasteiger partial charge on any atom is -0.315 e. The highest BCUT2D eigenvalue weighted by Crippen LogP contribution is 2.40. The van der Waals surface area contributed by atoms with Crippen molar-refractivity contribution in [2.75, 3.05) is 0 Å². The standard InChI is InChI=1S/C45H31N5/c1-2-3-4-11-26-49-42-20-6-5-14-36(42)37-16-12-15-35(44(37)49)31-21-22-43-39(30-31)38-17-13-25-48-45(38)50(43)34-28-32(40-18-7-9-23-46-40)27-33(29-34)41-19-8-10-24-47-41/h2-30H,1H2/b4-3-,26-11-. The van der Waals surface area contributed by atoms with Crippen LogP contribution in [-0.4, -0.2) is 24.1 Å². The fourth-order valence-electron chi connectivity index (χ4n) is 7.10. The van der Waals surface area contributed by atoms with E-state index in [2.05, 4.69) is 113 Å². The molecule has 0 fully saturated rings. The molecule has 0 N–H and O–H groups in total. The third kappa shape index (κ3) is 4.92. The first-order chi connectivity index (χ1) is 24.8. The zero-order chi connectivity index (χ0) is 33.4. The second kappa shape index (κ2) is 12.3. The summed E-state index contributed by atoms with van der Waals surface area (Å²) >= 11 is 0. The summed E-state index contributed by atoms with van der Waals surface area (Å²) < 4.78 is 4.56. The van der Waals surface area contributed by atoms with Crippen LogP contribution >= 0.6 is 0 Å². The first-order valence-electron chi connectivity index (χ1n) is 16.6. The highest BCUT2D eigenvalue weighted by atomic mass is 15.0. The van der Waals surface area contributed by atoms with Crippen LogP contribution in [0.1, 0.15) is 0 Å². The molecule has 0 spiro atoms. The van der Waals surface area contributed by atoms with Gasteiger partial charge in [0.25, 0.3) is 0 Å². The highest BCUT2D eigenvalue weighted by molar-refractivity contribution is 6.15. The molecule has 5 heteroatoms. The molecule has 5 nitrogen and oxygen atoms in total. The Balaban J connectivity index is 1.29. The van der Waals surface area contributed by atoms with Crippen molar-refractivity contribution in [3.8, 4) is 39.3 Å². The van der Waals surface area contributed by atoms with Crippen LogP contribution in [0.4, 0.5) is 0 Å². The van der Waals surface area contributed by atoms with E-state index in [9.17, 15) is 0 Å². The van der Waals surface area contributed by atoms with Gasteiger partial charge in [0.15, 0.2) is 0 Å². The number of hydrogen-bond donors (Lipinski definition) is 0. The highest BCUT2D eigenvalue weighted by Gasteiger charge is 2.19. The van der Waals surface area contributed by atoms with Gasteiger partial charge in [0.2, 0.25) is 0 Å². The quantitative estimate of drug-likeness (QED) is 0.163. The number of pyridine rings is 3. The maximum Gasteiger partial charge on any atom is 0.145 e. The lowest BCUT2D eigenvalue weighted by molar-refractivity contribution is 1.13. The normalized spacial score (nSPS) is 11.9. The Morgan fingerprint density at radius 3 is 1.98 bits per heavy atom. The summed E-state index contributed by atoms with van der Waals surface area (Å²) in [6.45, 7) is 3.81. The number of rotatable bonds is 7. The number of benzene rings is 4. The molecule has 0 saturated carbocycles. The molecule has 0 saturated heterocycles. The van der Waals surface area contributed by atoms with Crippen LogP contribution in [0.5, 0.6) is 0 Å². The average molecular weight is 642 g/mol. The van der Waals surface area contributed by atoms with Gasteiger partial charge in [-0.15, -0.1) is 0 Å². The summed E-state index contributed by atoms with van der Waals surface area (Å²) in [6.07, 6.45) is 15.5. The monoisotopic (exact) mass is 641 g/mol. The van der Waals surface area contributed by atoms with Gasteiger partial charge >= 0.3 is 0 Å². The Hall–Kier alpha value is -6.85. The van der Waals surface area contributed by atoms with Gasteiger partial charge in [-0.1, -0.05) is 79.4 Å². The van der Waals surface area contributed by atoms with E-state index in [1.54, 1.807) is 6.08 Å². The van der Waals surface area contributed by atoms with E-state index >= 15 is 0 Å². The Kier molecular flexibility index (Phi) is 7.21. The van der Waals surface area contributed by atoms with E-state index in [-0.39, 0.29) is 0 Å². The molecule has 5 aromatic heterocycles. The first-order valence-corrected chi connectivity index (χ1v) is 16.6. The van der Waals surface area contributed by atoms with E-state index in [0.29, 0.717) is 0 Å². The van der Waals surface area contributed by atoms with E-state index in [4.69, 9.17) is 15.0 Å². The second-order valence-corrected chi connectivity index (χ2v) is 12.2. The number of para-hydroxylation sites is 2. The third-order valence-electron chi connectivity index (χ3n) is 9.26. The maximum atomic E-state index is 4.95. The van der Waals surface area contributed by atoms with Crippen molar-refractivity contribution < 1.29 is 0 Å². The summed E-state index contributed by atoms with van der Waals surface area (Å²) in [6, 6.07) is 44.7. The molecule has 50 heavy (non-hydrogen) atoms. The van der Waals surface area contributed by atoms with E-state index < -0.39 is 0 Å². The van der Waals surface area contributed by atoms with Gasteiger partial charge in [-0.2, -0.15) is 0 Å². The Morgan fingerprint density at radius 2 is 1.22 bits per heavy atom. The van der Waals surface area contributed by atoms with E-state index in [1.165, 1.54) is 16.3 Å². The molecule has 0 bridgehead atoms. The van der Waals surface area contributed by atoms with Crippen molar-refractivity contribution in [2.45, 2.75) is 0 Å². The molecule has 0 unspecified atom stereocenters. The number of nitrogens with zero attached hydrogens (tertiary/aromatic N) is 5. The van der Waals surface area contributed by atoms with Gasteiger partial charge in [0.1, 0.15) is 5.65 Å². The zero-order valence-electron chi connectivity index (χ0n) is 27.2. The van der Waals surface area contributed by atoms with E-state index in [1.807, 2.05) is 73.2 Å². The van der Waals surface area contributed by atoms with Gasteiger partial charge in [0.05, 0.1) is 27.9 Å². The zero-order valence-corrected chi connectivity index (χ0v) is 27.2. The Morgan fingerprint density at radius 1 is 0.500 bits per heavy atom. The summed E-state index contributed by atoms with van der Waals surface area (Å²) in [5.41, 5.74) is 11.4. The molecule has 0 aliphatic carbocycles. The largest absolute Gasteiger partial charge is 0.315 e. The number of hydrogen-bond acceptors (Lipinski definition) is 3. The van der Waals surface area contributed by atoms with Crippen LogP contribution in [0.15, 0.2) is 177 Å². The van der Waals surface area contributed by atoms with Crippen molar-refractivity contribution in [2.24, 2.45) is 0 Å². The smallest absolute Gasteiger partial charge is 0.145 e. The van der Waals surface area contributed by atoms with Gasteiger partial charge in [-0.05, 0) is 84.4 Å². The van der Waals surface area contributed by atoms with Crippen molar-refractivity contribution in [1.29, 1.82) is 0 Å². The molecule has 9 aromatic rings. The second-order valence-electron chi connectivity index (χ2n) is 12.2. The van der Waals surface area contributed by atoms with Crippen molar-refractivity contribution >= 4 is 49.9 Å². The molecule has 0 radical (unpaired) electrons. The van der Waals surface area contributed by atoms with Crippen molar-refractivity contribution in [3.63, 3.8) is 0 Å². The van der Waals surface area contributed by atoms with Crippen LogP contribution < -0.4 is 0 Å². The lowest BCUT2D eigenvalue weighted by Crippen LogP contribution is -1.98. The third-order valence-corrected chi connectivity index (χ3v) is 9.26. The molecule has 0 amide bonds. The summed E-state index contributed by atoms with van der Waals surface area (Å²) in [5, 5.41) is 4.67. The molecular weight excluding hydrogens is 611 g/mol. The van der Waals surface area contributed by atoms with Crippen LogP contribution in [0, 0.1) is 0 Å². The molecule has 9 rings (SSSR count). The minimum atomic E-state index is 0.897. The molecule has 0 aliphatic heterocycles. The summed E-state index contributed by atoms with van der Waals surface area (Å²) in [5.74, 6) is 0. The molecule has 5 heterocycles. The number of allylic oxidation sites excluding steroid dienone is 4. The van der Waals surface area contributed by atoms with Crippen molar-refractivity contribution in [3.05, 3.63) is 177 Å². The lowest BCUT2D eigenvalue weighted by Gasteiger charge is -2.13. The fourth-order valence-corrected chi connectivity index (χ4v) is 7.10. The molecule has 0 aliphatic rings. The SMILES string of the molecule is C=C/C=C\C=C/n1c2ccccc2c2cccc(-c3ccc4c(c3)c3cccnc3n4-c3cc(-c4ccccn4)cc(-c4ccccn4)c3)c21. The Labute approximate surface area is 289 Å². The first kappa shape index (κ1) is 29.3. The van der Waals surface area contributed by atoms with Crippen LogP contribution in [-0.2, 0) is 0 Å². The predicted octanol–water partition coefficient (Wildman–Crippen LogP) is 11.3. The minimum absolute atomic E-state index is 0.897. The molecule has 4 aromatic carbocycles. The lowest BCUT2D eigenvalue weighted by atomic mass is 10.00. The number of aromatic nitrogens is 5. The van der Waals surface area contributed by atoms with Crippen LogP contribution in [0.2, 0.25) is 0 Å². The molecule has 236 valence electrons. The molecular formula is C45H31N5. The van der Waals surface area contributed by atoms with E-state index in [0.717, 1.165) is 66.8 Å². The summed E-state index contributed by atoms with van der Waals surface area (Å²) in [4.78, 5) is 14.3.